The molecule has 5 N–H and O–H groups in total. The molecule has 0 aliphatic heterocycles. The number of carbonyl (C=O) groups excluding carboxylic acids is 2. The molecule has 0 bridgehead atoms. The van der Waals surface area contributed by atoms with Gasteiger partial charge in [-0.05, 0) is 79.3 Å². The van der Waals surface area contributed by atoms with Gasteiger partial charge in [-0.3, -0.25) is 10.1 Å². The van der Waals surface area contributed by atoms with Gasteiger partial charge in [-0.1, -0.05) is 44.2 Å². The van der Waals surface area contributed by atoms with Crippen LogP contribution in [0.4, 0.5) is 21.9 Å². The Balaban J connectivity index is 1.72. The normalized spacial score (nSPS) is 12.1. The zero-order chi connectivity index (χ0) is 29.0. The fourth-order valence-electron chi connectivity index (χ4n) is 4.10. The molecule has 0 saturated heterocycles. The van der Waals surface area contributed by atoms with Gasteiger partial charge in [0.2, 0.25) is 5.91 Å². The van der Waals surface area contributed by atoms with E-state index in [1.807, 2.05) is 62.6 Å². The van der Waals surface area contributed by atoms with Gasteiger partial charge < -0.3 is 25.6 Å². The van der Waals surface area contributed by atoms with E-state index in [4.69, 9.17) is 20.3 Å². The molecule has 212 valence electrons. The van der Waals surface area contributed by atoms with Crippen molar-refractivity contribution in [1.82, 2.24) is 0 Å². The number of ether oxygens (including phenoxy) is 2. The second kappa shape index (κ2) is 15.0. The van der Waals surface area contributed by atoms with Crippen LogP contribution in [0.1, 0.15) is 38.4 Å². The first kappa shape index (κ1) is 30.6. The lowest BCUT2D eigenvalue weighted by Crippen LogP contribution is -2.29. The quantitative estimate of drug-likeness (QED) is 0.104. The molecule has 3 aromatic carbocycles. The molecule has 0 unspecified atom stereocenters. The van der Waals surface area contributed by atoms with Crippen molar-refractivity contribution in [2.45, 2.75) is 37.7 Å². The van der Waals surface area contributed by atoms with Crippen molar-refractivity contribution >= 4 is 40.8 Å². The SMILES string of the molecule is CSc1ccc(NC(=O)O[C@@H](c2cccc(OCCO)c2)C(C)(C)CC/C=C/C(=O)Nc2ccccc2N)cc1. The molecule has 0 aliphatic rings. The Morgan fingerprint density at radius 1 is 1.05 bits per heavy atom. The molecule has 0 fully saturated rings. The fourth-order valence-corrected chi connectivity index (χ4v) is 4.51. The van der Waals surface area contributed by atoms with Crippen LogP contribution in [0.5, 0.6) is 5.75 Å². The summed E-state index contributed by atoms with van der Waals surface area (Å²) in [5.74, 6) is 0.296. The Kier molecular flexibility index (Phi) is 11.5. The Labute approximate surface area is 240 Å². The summed E-state index contributed by atoms with van der Waals surface area (Å²) in [6.07, 6.45) is 5.25. The van der Waals surface area contributed by atoms with E-state index >= 15 is 0 Å². The van der Waals surface area contributed by atoms with Gasteiger partial charge in [-0.25, -0.2) is 4.79 Å². The van der Waals surface area contributed by atoms with Crippen LogP contribution >= 0.6 is 11.8 Å². The molecule has 1 atom stereocenters. The van der Waals surface area contributed by atoms with E-state index in [-0.39, 0.29) is 19.1 Å². The molecule has 0 aliphatic carbocycles. The van der Waals surface area contributed by atoms with Gasteiger partial charge in [0.25, 0.3) is 0 Å². The molecule has 0 saturated carbocycles. The predicted octanol–water partition coefficient (Wildman–Crippen LogP) is 6.65. The molecule has 8 nitrogen and oxygen atoms in total. The summed E-state index contributed by atoms with van der Waals surface area (Å²) in [5, 5.41) is 14.7. The lowest BCUT2D eigenvalue weighted by Gasteiger charge is -2.34. The van der Waals surface area contributed by atoms with E-state index in [2.05, 4.69) is 10.6 Å². The maximum Gasteiger partial charge on any atom is 0.412 e. The average molecular weight is 564 g/mol. The van der Waals surface area contributed by atoms with Gasteiger partial charge in [0, 0.05) is 16.0 Å². The molecule has 3 aromatic rings. The number of carbonyl (C=O) groups is 2. The van der Waals surface area contributed by atoms with Crippen molar-refractivity contribution in [2.75, 3.05) is 35.8 Å². The smallest absolute Gasteiger partial charge is 0.412 e. The minimum absolute atomic E-state index is 0.107. The highest BCUT2D eigenvalue weighted by Gasteiger charge is 2.34. The molecule has 40 heavy (non-hydrogen) atoms. The molecule has 3 rings (SSSR count). The highest BCUT2D eigenvalue weighted by atomic mass is 32.2. The second-order valence-corrected chi connectivity index (χ2v) is 10.7. The summed E-state index contributed by atoms with van der Waals surface area (Å²) in [6.45, 7) is 4.08. The van der Waals surface area contributed by atoms with E-state index in [1.54, 1.807) is 48.2 Å². The molecule has 0 aromatic heterocycles. The van der Waals surface area contributed by atoms with Gasteiger partial charge >= 0.3 is 6.09 Å². The van der Waals surface area contributed by atoms with Gasteiger partial charge in [-0.2, -0.15) is 0 Å². The molecular weight excluding hydrogens is 526 g/mol. The number of anilines is 3. The van der Waals surface area contributed by atoms with Crippen molar-refractivity contribution in [3.05, 3.63) is 90.5 Å². The maximum absolute atomic E-state index is 13.0. The highest BCUT2D eigenvalue weighted by molar-refractivity contribution is 7.98. The molecule has 0 radical (unpaired) electrons. The number of aliphatic hydroxyl groups is 1. The lowest BCUT2D eigenvalue weighted by atomic mass is 9.78. The number of nitrogens with two attached hydrogens (primary N) is 1. The van der Waals surface area contributed by atoms with Crippen molar-refractivity contribution in [3.63, 3.8) is 0 Å². The first-order valence-electron chi connectivity index (χ1n) is 13.0. The van der Waals surface area contributed by atoms with E-state index in [1.165, 1.54) is 6.08 Å². The van der Waals surface area contributed by atoms with Crippen LogP contribution in [0.3, 0.4) is 0 Å². The molecular formula is C31H37N3O5S. The number of hydrogen-bond donors (Lipinski definition) is 4. The van der Waals surface area contributed by atoms with Crippen molar-refractivity contribution in [3.8, 4) is 5.75 Å². The number of nitrogens with one attached hydrogen (secondary N) is 2. The summed E-state index contributed by atoms with van der Waals surface area (Å²) in [5.41, 5.74) is 7.83. The molecule has 9 heteroatoms. The average Bonchev–Trinajstić information content (AvgIpc) is 2.94. The van der Waals surface area contributed by atoms with Crippen LogP contribution in [-0.2, 0) is 9.53 Å². The third-order valence-electron chi connectivity index (χ3n) is 6.24. The highest BCUT2D eigenvalue weighted by Crippen LogP contribution is 2.41. The van der Waals surface area contributed by atoms with E-state index in [0.29, 0.717) is 35.7 Å². The zero-order valence-corrected chi connectivity index (χ0v) is 23.9. The van der Waals surface area contributed by atoms with Crippen LogP contribution in [-0.4, -0.2) is 36.6 Å². The number of thioether (sulfide) groups is 1. The van der Waals surface area contributed by atoms with Crippen LogP contribution < -0.4 is 21.1 Å². The maximum atomic E-state index is 13.0. The fraction of sp³-hybridized carbons (Fsp3) is 0.290. The minimum atomic E-state index is -0.623. The summed E-state index contributed by atoms with van der Waals surface area (Å²) in [6, 6.07) is 21.9. The van der Waals surface area contributed by atoms with Gasteiger partial charge in [0.1, 0.15) is 18.5 Å². The number of rotatable bonds is 13. The first-order valence-corrected chi connectivity index (χ1v) is 14.2. The molecule has 2 amide bonds. The number of benzene rings is 3. The second-order valence-electron chi connectivity index (χ2n) is 9.79. The van der Waals surface area contributed by atoms with Gasteiger partial charge in [-0.15, -0.1) is 11.8 Å². The number of amides is 2. The van der Waals surface area contributed by atoms with Gasteiger partial charge in [0.15, 0.2) is 0 Å². The minimum Gasteiger partial charge on any atom is -0.491 e. The van der Waals surface area contributed by atoms with Crippen molar-refractivity contribution < 1.29 is 24.2 Å². The molecule has 0 heterocycles. The topological polar surface area (TPSA) is 123 Å². The van der Waals surface area contributed by atoms with Crippen LogP contribution in [0, 0.1) is 5.41 Å². The largest absolute Gasteiger partial charge is 0.491 e. The van der Waals surface area contributed by atoms with Crippen LogP contribution in [0.25, 0.3) is 0 Å². The summed E-state index contributed by atoms with van der Waals surface area (Å²) in [7, 11) is 0. The predicted molar refractivity (Wildman–Crippen MR) is 162 cm³/mol. The first-order chi connectivity index (χ1) is 19.2. The Hall–Kier alpha value is -3.95. The number of allylic oxidation sites excluding steroid dienone is 1. The van der Waals surface area contributed by atoms with E-state index in [0.717, 1.165) is 10.5 Å². The van der Waals surface area contributed by atoms with Gasteiger partial charge in [0.05, 0.1) is 18.0 Å². The number of hydrogen-bond acceptors (Lipinski definition) is 7. The third kappa shape index (κ3) is 9.36. The lowest BCUT2D eigenvalue weighted by molar-refractivity contribution is -0.111. The third-order valence-corrected chi connectivity index (χ3v) is 6.98. The number of aliphatic hydroxyl groups excluding tert-OH is 1. The standard InChI is InChI=1S/C31H37N3O5S/c1-31(2,18-7-6-13-28(36)34-27-12-5-4-11-26(27)32)29(22-9-8-10-24(21-22)38-20-19-35)39-30(37)33-23-14-16-25(40-3)17-15-23/h4-6,8-17,21,29,35H,7,18-20,32H2,1-3H3,(H,33,37)(H,34,36)/b13-6+/t29-/m0/s1. The van der Waals surface area contributed by atoms with E-state index < -0.39 is 17.6 Å². The number of nitrogen functional groups attached to an aromatic ring is 1. The Morgan fingerprint density at radius 2 is 1.80 bits per heavy atom. The summed E-state index contributed by atoms with van der Waals surface area (Å²) in [4.78, 5) is 26.4. The number of para-hydroxylation sites is 2. The van der Waals surface area contributed by atoms with Crippen molar-refractivity contribution in [2.24, 2.45) is 5.41 Å². The summed E-state index contributed by atoms with van der Waals surface area (Å²) < 4.78 is 11.6. The Morgan fingerprint density at radius 3 is 2.50 bits per heavy atom. The summed E-state index contributed by atoms with van der Waals surface area (Å²) >= 11 is 1.62. The van der Waals surface area contributed by atoms with E-state index in [9.17, 15) is 9.59 Å². The zero-order valence-electron chi connectivity index (χ0n) is 23.1. The van der Waals surface area contributed by atoms with Crippen LogP contribution in [0.2, 0.25) is 0 Å². The van der Waals surface area contributed by atoms with Crippen LogP contribution in [0.15, 0.2) is 89.8 Å². The molecule has 0 spiro atoms. The monoisotopic (exact) mass is 563 g/mol. The Bertz CT molecular complexity index is 1290. The van der Waals surface area contributed by atoms with Crippen molar-refractivity contribution in [1.29, 1.82) is 0 Å².